The number of hydrogen-bond acceptors (Lipinski definition) is 4. The molecule has 0 unspecified atom stereocenters. The van der Waals surface area contributed by atoms with E-state index in [1.165, 1.54) is 9.75 Å². The number of rotatable bonds is 2. The predicted octanol–water partition coefficient (Wildman–Crippen LogP) is 5.62. The Hall–Kier alpha value is -1.88. The molecule has 0 aliphatic heterocycles. The van der Waals surface area contributed by atoms with Crippen molar-refractivity contribution in [2.45, 2.75) is 41.5 Å². The summed E-state index contributed by atoms with van der Waals surface area (Å²) in [5.74, 6) is 0. The maximum absolute atomic E-state index is 9.74. The molecule has 0 aromatic carbocycles. The SMILES string of the molecule is Cc1sc(C)c(/C(C#N)=C(\C#N)c2c(C)sc(C)c2C)c1C. The van der Waals surface area contributed by atoms with Crippen molar-refractivity contribution in [3.8, 4) is 12.1 Å². The summed E-state index contributed by atoms with van der Waals surface area (Å²) < 4.78 is 0. The molecule has 0 atom stereocenters. The van der Waals surface area contributed by atoms with Crippen LogP contribution in [0.2, 0.25) is 0 Å². The lowest BCUT2D eigenvalue weighted by atomic mass is 9.92. The van der Waals surface area contributed by atoms with Crippen LogP contribution in [0.25, 0.3) is 11.1 Å². The van der Waals surface area contributed by atoms with Crippen LogP contribution in [0.15, 0.2) is 0 Å². The molecule has 0 aliphatic rings. The maximum Gasteiger partial charge on any atom is 0.101 e. The minimum absolute atomic E-state index is 0.505. The molecule has 2 aromatic heterocycles. The summed E-state index contributed by atoms with van der Waals surface area (Å²) in [7, 11) is 0. The molecule has 2 nitrogen and oxygen atoms in total. The molecule has 0 N–H and O–H groups in total. The highest BCUT2D eigenvalue weighted by atomic mass is 32.1. The first-order chi connectivity index (χ1) is 10.3. The van der Waals surface area contributed by atoms with E-state index >= 15 is 0 Å². The van der Waals surface area contributed by atoms with Crippen LogP contribution in [0, 0.1) is 64.2 Å². The number of aryl methyl sites for hydroxylation is 4. The van der Waals surface area contributed by atoms with Crippen molar-refractivity contribution in [3.63, 3.8) is 0 Å². The van der Waals surface area contributed by atoms with Crippen LogP contribution in [-0.2, 0) is 0 Å². The van der Waals surface area contributed by atoms with Crippen LogP contribution < -0.4 is 0 Å². The molecule has 2 heterocycles. The van der Waals surface area contributed by atoms with E-state index in [2.05, 4.69) is 26.0 Å². The normalized spacial score (nSPS) is 11.8. The van der Waals surface area contributed by atoms with Gasteiger partial charge < -0.3 is 0 Å². The van der Waals surface area contributed by atoms with Gasteiger partial charge in [0, 0.05) is 30.6 Å². The van der Waals surface area contributed by atoms with Crippen molar-refractivity contribution in [3.05, 3.63) is 41.8 Å². The molecule has 0 fully saturated rings. The van der Waals surface area contributed by atoms with Gasteiger partial charge in [-0.3, -0.25) is 0 Å². The van der Waals surface area contributed by atoms with Crippen molar-refractivity contribution < 1.29 is 0 Å². The minimum atomic E-state index is 0.505. The summed E-state index contributed by atoms with van der Waals surface area (Å²) in [5, 5.41) is 19.5. The van der Waals surface area contributed by atoms with Gasteiger partial charge in [0.25, 0.3) is 0 Å². The number of thiophene rings is 2. The third-order valence-corrected chi connectivity index (χ3v) is 6.34. The molecule has 0 bridgehead atoms. The molecular weight excluding hydrogens is 308 g/mol. The Morgan fingerprint density at radius 2 is 0.955 bits per heavy atom. The third kappa shape index (κ3) is 2.50. The molecule has 0 radical (unpaired) electrons. The Morgan fingerprint density at radius 1 is 0.636 bits per heavy atom. The van der Waals surface area contributed by atoms with Gasteiger partial charge in [0.15, 0.2) is 0 Å². The van der Waals surface area contributed by atoms with Gasteiger partial charge in [-0.05, 0) is 52.7 Å². The lowest BCUT2D eigenvalue weighted by Gasteiger charge is -2.07. The van der Waals surface area contributed by atoms with E-state index < -0.39 is 0 Å². The number of allylic oxidation sites excluding steroid dienone is 2. The van der Waals surface area contributed by atoms with Gasteiger partial charge in [-0.1, -0.05) is 0 Å². The Bertz CT molecular complexity index is 792. The topological polar surface area (TPSA) is 47.6 Å². The molecule has 22 heavy (non-hydrogen) atoms. The molecule has 2 rings (SSSR count). The molecule has 0 saturated carbocycles. The lowest BCUT2D eigenvalue weighted by molar-refractivity contribution is 1.37. The second-order valence-corrected chi connectivity index (χ2v) is 8.26. The van der Waals surface area contributed by atoms with E-state index in [4.69, 9.17) is 0 Å². The fraction of sp³-hybridized carbons (Fsp3) is 0.333. The van der Waals surface area contributed by atoms with Gasteiger partial charge in [0.2, 0.25) is 0 Å². The van der Waals surface area contributed by atoms with Crippen molar-refractivity contribution in [2.24, 2.45) is 0 Å². The fourth-order valence-corrected chi connectivity index (χ4v) is 4.94. The molecule has 2 aromatic rings. The summed E-state index contributed by atoms with van der Waals surface area (Å²) in [4.78, 5) is 4.60. The quantitative estimate of drug-likeness (QED) is 0.673. The Morgan fingerprint density at radius 3 is 1.14 bits per heavy atom. The summed E-state index contributed by atoms with van der Waals surface area (Å²) in [5.41, 5.74) is 5.09. The summed E-state index contributed by atoms with van der Waals surface area (Å²) >= 11 is 3.37. The smallest absolute Gasteiger partial charge is 0.101 e. The number of hydrogen-bond donors (Lipinski definition) is 0. The Kier molecular flexibility index (Phi) is 4.56. The highest BCUT2D eigenvalue weighted by Crippen LogP contribution is 2.39. The zero-order chi connectivity index (χ0) is 16.6. The van der Waals surface area contributed by atoms with E-state index in [0.29, 0.717) is 11.1 Å². The van der Waals surface area contributed by atoms with Crippen molar-refractivity contribution in [1.29, 1.82) is 10.5 Å². The Balaban J connectivity index is 2.87. The first-order valence-corrected chi connectivity index (χ1v) is 8.65. The van der Waals surface area contributed by atoms with Crippen molar-refractivity contribution in [1.82, 2.24) is 0 Å². The van der Waals surface area contributed by atoms with E-state index in [1.807, 2.05) is 27.7 Å². The standard InChI is InChI=1S/C18H18N2S2/c1-9-11(3)21-13(5)17(9)15(7-19)16(8-20)18-10(2)12(4)22-14(18)6/h1-6H3/b16-15+. The van der Waals surface area contributed by atoms with Crippen LogP contribution in [0.3, 0.4) is 0 Å². The van der Waals surface area contributed by atoms with Crippen LogP contribution in [-0.4, -0.2) is 0 Å². The van der Waals surface area contributed by atoms with E-state index in [9.17, 15) is 10.5 Å². The highest BCUT2D eigenvalue weighted by molar-refractivity contribution is 7.12. The number of nitrogens with zero attached hydrogens (tertiary/aromatic N) is 2. The largest absolute Gasteiger partial charge is 0.192 e. The second kappa shape index (κ2) is 6.08. The van der Waals surface area contributed by atoms with Gasteiger partial charge in [-0.15, -0.1) is 22.7 Å². The van der Waals surface area contributed by atoms with Gasteiger partial charge in [-0.25, -0.2) is 0 Å². The van der Waals surface area contributed by atoms with Crippen LogP contribution in [0.1, 0.15) is 41.8 Å². The van der Waals surface area contributed by atoms with Gasteiger partial charge in [0.05, 0.1) is 11.1 Å². The molecule has 0 aliphatic carbocycles. The number of nitriles is 2. The zero-order valence-corrected chi connectivity index (χ0v) is 15.3. The van der Waals surface area contributed by atoms with Gasteiger partial charge >= 0.3 is 0 Å². The van der Waals surface area contributed by atoms with Crippen LogP contribution in [0.4, 0.5) is 0 Å². The average Bonchev–Trinajstić information content (AvgIpc) is 2.86. The molecular formula is C18H18N2S2. The first-order valence-electron chi connectivity index (χ1n) is 7.01. The second-order valence-electron chi connectivity index (χ2n) is 5.40. The summed E-state index contributed by atoms with van der Waals surface area (Å²) in [6.07, 6.45) is 0. The van der Waals surface area contributed by atoms with Gasteiger partial charge in [-0.2, -0.15) is 10.5 Å². The minimum Gasteiger partial charge on any atom is -0.192 e. The van der Waals surface area contributed by atoms with E-state index in [-0.39, 0.29) is 0 Å². The highest BCUT2D eigenvalue weighted by Gasteiger charge is 2.22. The van der Waals surface area contributed by atoms with Crippen molar-refractivity contribution in [2.75, 3.05) is 0 Å². The molecule has 112 valence electrons. The third-order valence-electron chi connectivity index (χ3n) is 4.10. The molecule has 0 amide bonds. The molecule has 0 saturated heterocycles. The summed E-state index contributed by atoms with van der Waals surface area (Å²) in [6.45, 7) is 12.2. The van der Waals surface area contributed by atoms with Crippen LogP contribution >= 0.6 is 22.7 Å². The Labute approximate surface area is 140 Å². The molecule has 0 spiro atoms. The predicted molar refractivity (Wildman–Crippen MR) is 95.1 cm³/mol. The monoisotopic (exact) mass is 326 g/mol. The zero-order valence-electron chi connectivity index (χ0n) is 13.7. The molecule has 4 heteroatoms. The average molecular weight is 326 g/mol. The maximum atomic E-state index is 9.74. The van der Waals surface area contributed by atoms with Crippen LogP contribution in [0.5, 0.6) is 0 Å². The summed E-state index contributed by atoms with van der Waals surface area (Å²) in [6, 6.07) is 4.59. The van der Waals surface area contributed by atoms with Crippen molar-refractivity contribution >= 4 is 33.8 Å². The van der Waals surface area contributed by atoms with Gasteiger partial charge in [0.1, 0.15) is 12.1 Å². The van der Waals surface area contributed by atoms with E-state index in [0.717, 1.165) is 32.0 Å². The fourth-order valence-electron chi connectivity index (χ4n) is 2.80. The van der Waals surface area contributed by atoms with E-state index in [1.54, 1.807) is 22.7 Å². The lowest BCUT2D eigenvalue weighted by Crippen LogP contribution is -1.94. The first kappa shape index (κ1) is 16.5.